The summed E-state index contributed by atoms with van der Waals surface area (Å²) in [6, 6.07) is 5.43. The van der Waals surface area contributed by atoms with E-state index in [4.69, 9.17) is 5.11 Å². The third-order valence-electron chi connectivity index (χ3n) is 1.28. The van der Waals surface area contributed by atoms with Crippen LogP contribution in [0.1, 0.15) is 10.4 Å². The van der Waals surface area contributed by atoms with Gasteiger partial charge < -0.3 is 9.84 Å². The van der Waals surface area contributed by atoms with Crippen LogP contribution in [0.25, 0.3) is 0 Å². The summed E-state index contributed by atoms with van der Waals surface area (Å²) in [5.41, 5.74) is 0.566. The summed E-state index contributed by atoms with van der Waals surface area (Å²) in [6.07, 6.45) is 0. The number of aliphatic hydroxyl groups is 1. The average molecular weight is 373 g/mol. The van der Waals surface area contributed by atoms with Crippen LogP contribution < -0.4 is 0 Å². The Morgan fingerprint density at radius 1 is 1.43 bits per heavy atom. The van der Waals surface area contributed by atoms with Gasteiger partial charge in [-0.05, 0) is 40.8 Å². The number of hydrogen-bond acceptors (Lipinski definition) is 3. The molecule has 0 aliphatic heterocycles. The van der Waals surface area contributed by atoms with Crippen LogP contribution in [0.4, 0.5) is 0 Å². The molecule has 0 aliphatic carbocycles. The molecule has 1 N–H and O–H groups in total. The van der Waals surface area contributed by atoms with Crippen molar-refractivity contribution >= 4 is 44.5 Å². The van der Waals surface area contributed by atoms with E-state index >= 15 is 0 Å². The number of benzene rings is 1. The average Bonchev–Trinajstić information content (AvgIpc) is 2.18. The molecule has 0 radical (unpaired) electrons. The number of rotatable bonds is 1. The molecule has 1 rings (SSSR count). The summed E-state index contributed by atoms with van der Waals surface area (Å²) in [4.78, 5) is 11.1. The lowest BCUT2D eigenvalue weighted by atomic mass is 10.2. The molecule has 0 fully saturated rings. The molecule has 0 atom stereocenters. The van der Waals surface area contributed by atoms with E-state index in [9.17, 15) is 4.79 Å². The topological polar surface area (TPSA) is 46.5 Å². The fourth-order valence-corrected chi connectivity index (χ4v) is 2.38. The summed E-state index contributed by atoms with van der Waals surface area (Å²) in [5, 5.41) is 7.00. The maximum Gasteiger partial charge on any atom is 0.337 e. The lowest BCUT2D eigenvalue weighted by Gasteiger charge is -2.00. The third kappa shape index (κ3) is 4.39. The second-order valence-electron chi connectivity index (χ2n) is 2.15. The predicted octanol–water partition coefficient (Wildman–Crippen LogP) is 2.45. The Kier molecular flexibility index (Phi) is 7.12. The highest BCUT2D eigenvalue weighted by atomic mass is 127. The van der Waals surface area contributed by atoms with Crippen LogP contribution >= 0.6 is 38.5 Å². The van der Waals surface area contributed by atoms with Crippen molar-refractivity contribution in [2.24, 2.45) is 0 Å². The number of methoxy groups -OCH3 is 1. The predicted molar refractivity (Wildman–Crippen MR) is 66.3 cm³/mol. The van der Waals surface area contributed by atoms with E-state index in [1.807, 2.05) is 6.07 Å². The fourth-order valence-electron chi connectivity index (χ4n) is 0.790. The Morgan fingerprint density at radius 2 is 2.00 bits per heavy atom. The molecular formula is C9H10BrIO3. The molecule has 0 unspecified atom stereocenters. The van der Waals surface area contributed by atoms with Gasteiger partial charge in [0.15, 0.2) is 0 Å². The van der Waals surface area contributed by atoms with Gasteiger partial charge in [0, 0.05) is 15.2 Å². The zero-order valence-electron chi connectivity index (χ0n) is 7.75. The molecule has 0 saturated carbocycles. The van der Waals surface area contributed by atoms with Gasteiger partial charge in [-0.25, -0.2) is 4.79 Å². The van der Waals surface area contributed by atoms with Crippen molar-refractivity contribution in [2.45, 2.75) is 0 Å². The number of ether oxygens (including phenoxy) is 1. The number of halogens is 2. The van der Waals surface area contributed by atoms with Crippen LogP contribution in [0, 0.1) is 3.57 Å². The molecular weight excluding hydrogens is 363 g/mol. The Morgan fingerprint density at radius 3 is 2.43 bits per heavy atom. The van der Waals surface area contributed by atoms with Crippen molar-refractivity contribution in [3.05, 3.63) is 31.8 Å². The Balaban J connectivity index is 0.000000791. The first kappa shape index (κ1) is 13.9. The fraction of sp³-hybridized carbons (Fsp3) is 0.222. The molecule has 1 aromatic rings. The van der Waals surface area contributed by atoms with E-state index in [0.29, 0.717) is 5.56 Å². The van der Waals surface area contributed by atoms with E-state index in [-0.39, 0.29) is 5.97 Å². The van der Waals surface area contributed by atoms with Crippen molar-refractivity contribution in [1.29, 1.82) is 0 Å². The maximum absolute atomic E-state index is 11.1. The van der Waals surface area contributed by atoms with Gasteiger partial charge in [-0.3, -0.25) is 0 Å². The monoisotopic (exact) mass is 372 g/mol. The largest absolute Gasteiger partial charge is 0.465 e. The van der Waals surface area contributed by atoms with E-state index in [1.54, 1.807) is 12.1 Å². The van der Waals surface area contributed by atoms with Gasteiger partial charge in [0.25, 0.3) is 0 Å². The summed E-state index contributed by atoms with van der Waals surface area (Å²) in [7, 11) is 2.37. The van der Waals surface area contributed by atoms with Crippen LogP contribution in [-0.4, -0.2) is 25.3 Å². The summed E-state index contributed by atoms with van der Waals surface area (Å²) < 4.78 is 6.47. The highest BCUT2D eigenvalue weighted by Gasteiger charge is 2.06. The number of carbonyl (C=O) groups is 1. The number of esters is 1. The zero-order chi connectivity index (χ0) is 11.1. The second kappa shape index (κ2) is 7.19. The Labute approximate surface area is 105 Å². The van der Waals surface area contributed by atoms with E-state index in [1.165, 1.54) is 7.11 Å². The first-order chi connectivity index (χ1) is 6.63. The molecule has 0 aromatic heterocycles. The molecule has 14 heavy (non-hydrogen) atoms. The van der Waals surface area contributed by atoms with E-state index in [0.717, 1.165) is 15.2 Å². The van der Waals surface area contributed by atoms with Crippen LogP contribution in [-0.2, 0) is 4.74 Å². The number of hydrogen-bond donors (Lipinski definition) is 1. The van der Waals surface area contributed by atoms with E-state index < -0.39 is 0 Å². The Bertz CT molecular complexity index is 295. The molecule has 0 amide bonds. The minimum Gasteiger partial charge on any atom is -0.465 e. The molecule has 0 bridgehead atoms. The molecule has 0 saturated heterocycles. The van der Waals surface area contributed by atoms with Crippen LogP contribution in [0.3, 0.4) is 0 Å². The van der Waals surface area contributed by atoms with Crippen LogP contribution in [0.15, 0.2) is 22.7 Å². The van der Waals surface area contributed by atoms with Gasteiger partial charge in [0.1, 0.15) is 0 Å². The first-order valence-electron chi connectivity index (χ1n) is 3.62. The van der Waals surface area contributed by atoms with Crippen LogP contribution in [0.2, 0.25) is 0 Å². The highest BCUT2D eigenvalue weighted by Crippen LogP contribution is 2.17. The normalized spacial score (nSPS) is 8.64. The van der Waals surface area contributed by atoms with Crippen molar-refractivity contribution in [3.63, 3.8) is 0 Å². The minimum atomic E-state index is -0.311. The molecule has 78 valence electrons. The molecule has 5 heteroatoms. The Hall–Kier alpha value is -0.140. The SMILES string of the molecule is CO.COC(=O)c1cc(Br)cc(I)c1. The van der Waals surface area contributed by atoms with Crippen molar-refractivity contribution in [1.82, 2.24) is 0 Å². The summed E-state index contributed by atoms with van der Waals surface area (Å²) in [6.45, 7) is 0. The lowest BCUT2D eigenvalue weighted by molar-refractivity contribution is 0.0600. The number of carbonyl (C=O) groups excluding carboxylic acids is 1. The molecule has 0 heterocycles. The number of aliphatic hydroxyl groups excluding tert-OH is 1. The standard InChI is InChI=1S/C8H6BrIO2.CH4O/c1-12-8(11)5-2-6(9)4-7(10)3-5;1-2/h2-4H,1H3;2H,1H3. The highest BCUT2D eigenvalue weighted by molar-refractivity contribution is 14.1. The summed E-state index contributed by atoms with van der Waals surface area (Å²) >= 11 is 5.44. The third-order valence-corrected chi connectivity index (χ3v) is 2.36. The van der Waals surface area contributed by atoms with E-state index in [2.05, 4.69) is 43.3 Å². The minimum absolute atomic E-state index is 0.311. The quantitative estimate of drug-likeness (QED) is 0.608. The van der Waals surface area contributed by atoms with Gasteiger partial charge in [0.05, 0.1) is 12.7 Å². The van der Waals surface area contributed by atoms with Crippen molar-refractivity contribution in [2.75, 3.05) is 14.2 Å². The lowest BCUT2D eigenvalue weighted by Crippen LogP contribution is -2.01. The first-order valence-corrected chi connectivity index (χ1v) is 5.50. The molecule has 1 aromatic carbocycles. The molecule has 0 spiro atoms. The molecule has 0 aliphatic rings. The smallest absolute Gasteiger partial charge is 0.337 e. The van der Waals surface area contributed by atoms with Crippen molar-refractivity contribution in [3.8, 4) is 0 Å². The van der Waals surface area contributed by atoms with Gasteiger partial charge in [-0.2, -0.15) is 0 Å². The van der Waals surface area contributed by atoms with Gasteiger partial charge in [-0.15, -0.1) is 0 Å². The maximum atomic E-state index is 11.1. The second-order valence-corrected chi connectivity index (χ2v) is 4.31. The van der Waals surface area contributed by atoms with Crippen molar-refractivity contribution < 1.29 is 14.6 Å². The van der Waals surface area contributed by atoms with Crippen LogP contribution in [0.5, 0.6) is 0 Å². The van der Waals surface area contributed by atoms with Gasteiger partial charge >= 0.3 is 5.97 Å². The van der Waals surface area contributed by atoms with Gasteiger partial charge in [0.2, 0.25) is 0 Å². The molecule has 3 nitrogen and oxygen atoms in total. The van der Waals surface area contributed by atoms with Gasteiger partial charge in [-0.1, -0.05) is 15.9 Å². The summed E-state index contributed by atoms with van der Waals surface area (Å²) in [5.74, 6) is -0.311. The zero-order valence-corrected chi connectivity index (χ0v) is 11.5.